The van der Waals surface area contributed by atoms with Crippen LogP contribution in [0.2, 0.25) is 0 Å². The highest BCUT2D eigenvalue weighted by atomic mass is 16.5. The molecule has 0 aliphatic carbocycles. The normalized spacial score (nSPS) is 22.8. The summed E-state index contributed by atoms with van der Waals surface area (Å²) < 4.78 is 20.1. The highest BCUT2D eigenvalue weighted by Gasteiger charge is 2.38. The average molecular weight is 624 g/mol. The summed E-state index contributed by atoms with van der Waals surface area (Å²) in [6, 6.07) is 9.18. The topological polar surface area (TPSA) is 148 Å². The van der Waals surface area contributed by atoms with Gasteiger partial charge in [-0.15, -0.1) is 0 Å². The van der Waals surface area contributed by atoms with Gasteiger partial charge >= 0.3 is 5.97 Å². The second-order valence-electron chi connectivity index (χ2n) is 13.2. The minimum absolute atomic E-state index is 0.00810. The van der Waals surface area contributed by atoms with Crippen molar-refractivity contribution in [2.75, 3.05) is 37.7 Å². The minimum Gasteiger partial charge on any atom is -0.493 e. The van der Waals surface area contributed by atoms with Crippen molar-refractivity contribution in [2.45, 2.75) is 90.1 Å². The maximum absolute atomic E-state index is 13.3. The molecule has 2 aromatic heterocycles. The molecule has 1 amide bonds. The van der Waals surface area contributed by atoms with Gasteiger partial charge in [-0.1, -0.05) is 18.2 Å². The highest BCUT2D eigenvalue weighted by Crippen LogP contribution is 2.37. The number of aliphatic hydroxyl groups excluding tert-OH is 1. The molecule has 12 heteroatoms. The van der Waals surface area contributed by atoms with E-state index < -0.39 is 29.7 Å². The Labute approximate surface area is 263 Å². The lowest BCUT2D eigenvalue weighted by Crippen LogP contribution is -2.46. The fourth-order valence-electron chi connectivity index (χ4n) is 5.90. The number of carbonyl (C=O) groups is 2. The first kappa shape index (κ1) is 32.6. The molecule has 2 atom stereocenters. The van der Waals surface area contributed by atoms with Gasteiger partial charge in [0.15, 0.2) is 17.4 Å². The van der Waals surface area contributed by atoms with Gasteiger partial charge in [-0.05, 0) is 71.9 Å². The first-order chi connectivity index (χ1) is 21.3. The Kier molecular flexibility index (Phi) is 9.66. The average Bonchev–Trinajstić information content (AvgIpc) is 3.40. The quantitative estimate of drug-likeness (QED) is 0.393. The lowest BCUT2D eigenvalue weighted by molar-refractivity contribution is -0.160. The van der Waals surface area contributed by atoms with Crippen LogP contribution in [0.3, 0.4) is 0 Å². The van der Waals surface area contributed by atoms with Gasteiger partial charge in [0.2, 0.25) is 0 Å². The Morgan fingerprint density at radius 1 is 1.18 bits per heavy atom. The van der Waals surface area contributed by atoms with Gasteiger partial charge in [0.25, 0.3) is 5.91 Å². The maximum atomic E-state index is 13.3. The molecule has 0 saturated carbocycles. The number of fused-ring (bicyclic) bond motifs is 11. The zero-order chi connectivity index (χ0) is 32.4. The number of anilines is 1. The number of amides is 1. The monoisotopic (exact) mass is 623 g/mol. The summed E-state index contributed by atoms with van der Waals surface area (Å²) in [6.45, 7) is 11.6. The minimum atomic E-state index is -1.31. The smallest absolute Gasteiger partial charge is 0.337 e. The zero-order valence-corrected chi connectivity index (χ0v) is 26.8. The standard InChI is InChI=1S/C33H45N5O7/c1-21-27(28(31(41)42)45-32(2,3)4)30-37-14-12-33(5,13-15-37)44-17-9-8-16-43-25-11-7-6-10-22(25)18-23(39)20-34-29(40)24-19-26(35-21)38(30)36-24/h6-7,10-11,19,23,28,39H,8-9,12-18,20H2,1-5H3,(H,34,40)(H,41,42)/t23?,28-/m0/s1. The van der Waals surface area contributed by atoms with Crippen molar-refractivity contribution >= 4 is 23.3 Å². The van der Waals surface area contributed by atoms with Crippen molar-refractivity contribution in [3.63, 3.8) is 0 Å². The van der Waals surface area contributed by atoms with Crippen LogP contribution >= 0.6 is 0 Å². The lowest BCUT2D eigenvalue weighted by atomic mass is 9.92. The third kappa shape index (κ3) is 7.74. The van der Waals surface area contributed by atoms with E-state index in [1.165, 1.54) is 0 Å². The highest BCUT2D eigenvalue weighted by molar-refractivity contribution is 5.93. The van der Waals surface area contributed by atoms with Crippen molar-refractivity contribution in [1.82, 2.24) is 19.9 Å². The van der Waals surface area contributed by atoms with Crippen LogP contribution in [-0.4, -0.2) is 86.8 Å². The summed E-state index contributed by atoms with van der Waals surface area (Å²) in [5, 5.41) is 28.6. The number of benzene rings is 1. The van der Waals surface area contributed by atoms with Gasteiger partial charge in [-0.3, -0.25) is 4.79 Å². The van der Waals surface area contributed by atoms with E-state index >= 15 is 0 Å². The number of hydrogen-bond acceptors (Lipinski definition) is 9. The molecule has 3 aliphatic rings. The maximum Gasteiger partial charge on any atom is 0.337 e. The third-order valence-corrected chi connectivity index (χ3v) is 8.29. The van der Waals surface area contributed by atoms with E-state index in [1.54, 1.807) is 17.5 Å². The molecule has 45 heavy (non-hydrogen) atoms. The van der Waals surface area contributed by atoms with Crippen molar-refractivity contribution in [3.05, 3.63) is 52.8 Å². The van der Waals surface area contributed by atoms with Crippen molar-refractivity contribution in [3.8, 4) is 5.75 Å². The molecule has 1 fully saturated rings. The number of carboxylic acid groups (broad SMARTS) is 1. The molecular formula is C33H45N5O7. The zero-order valence-electron chi connectivity index (χ0n) is 26.8. The van der Waals surface area contributed by atoms with E-state index in [0.717, 1.165) is 18.4 Å². The van der Waals surface area contributed by atoms with Crippen LogP contribution in [0.5, 0.6) is 5.75 Å². The molecule has 0 radical (unpaired) electrons. The molecule has 1 saturated heterocycles. The lowest BCUT2D eigenvalue weighted by Gasteiger charge is -2.41. The first-order valence-electron chi connectivity index (χ1n) is 15.7. The number of aliphatic hydroxyl groups is 1. The number of carbonyl (C=O) groups excluding carboxylic acids is 1. The van der Waals surface area contributed by atoms with Crippen LogP contribution in [0, 0.1) is 6.92 Å². The second kappa shape index (κ2) is 13.3. The van der Waals surface area contributed by atoms with E-state index in [1.807, 2.05) is 45.0 Å². The molecule has 1 unspecified atom stereocenters. The number of nitrogens with one attached hydrogen (secondary N) is 1. The molecule has 244 valence electrons. The van der Waals surface area contributed by atoms with Crippen molar-refractivity contribution in [1.29, 1.82) is 0 Å². The van der Waals surface area contributed by atoms with Crippen LogP contribution in [0.15, 0.2) is 30.3 Å². The van der Waals surface area contributed by atoms with Gasteiger partial charge in [-0.25, -0.2) is 9.78 Å². The number of para-hydroxylation sites is 1. The summed E-state index contributed by atoms with van der Waals surface area (Å²) >= 11 is 0. The Balaban J connectivity index is 1.54. The molecular weight excluding hydrogens is 578 g/mol. The summed E-state index contributed by atoms with van der Waals surface area (Å²) in [6.07, 6.45) is 1.22. The van der Waals surface area contributed by atoms with Gasteiger partial charge in [0.1, 0.15) is 11.6 Å². The molecule has 3 N–H and O–H groups in total. The van der Waals surface area contributed by atoms with Gasteiger partial charge in [-0.2, -0.15) is 9.61 Å². The Morgan fingerprint density at radius 2 is 1.89 bits per heavy atom. The number of carboxylic acids is 1. The predicted molar refractivity (Wildman–Crippen MR) is 168 cm³/mol. The summed E-state index contributed by atoms with van der Waals surface area (Å²) in [5.41, 5.74) is 1.16. The van der Waals surface area contributed by atoms with Gasteiger partial charge in [0, 0.05) is 44.4 Å². The Bertz CT molecular complexity index is 1520. The molecule has 6 rings (SSSR count). The number of rotatable bonds is 3. The van der Waals surface area contributed by atoms with Crippen LogP contribution in [-0.2, 0) is 20.7 Å². The van der Waals surface area contributed by atoms with E-state index in [-0.39, 0.29) is 17.8 Å². The van der Waals surface area contributed by atoms with Crippen LogP contribution in [0.1, 0.15) is 86.8 Å². The number of aryl methyl sites for hydroxylation is 1. The van der Waals surface area contributed by atoms with E-state index in [2.05, 4.69) is 27.2 Å². The molecule has 12 nitrogen and oxygen atoms in total. The second-order valence-corrected chi connectivity index (χ2v) is 13.2. The fourth-order valence-corrected chi connectivity index (χ4v) is 5.90. The van der Waals surface area contributed by atoms with E-state index in [9.17, 15) is 19.8 Å². The van der Waals surface area contributed by atoms with Gasteiger partial charge in [0.05, 0.1) is 29.5 Å². The molecule has 3 aliphatic heterocycles. The number of piperidine rings is 1. The van der Waals surface area contributed by atoms with Crippen LogP contribution in [0.25, 0.3) is 5.65 Å². The Hall–Kier alpha value is -3.74. The van der Waals surface area contributed by atoms with Gasteiger partial charge < -0.3 is 34.6 Å². The number of nitrogens with zero attached hydrogens (tertiary/aromatic N) is 4. The summed E-state index contributed by atoms with van der Waals surface area (Å²) in [5.74, 6) is -0.354. The summed E-state index contributed by atoms with van der Waals surface area (Å²) in [7, 11) is 0. The Morgan fingerprint density at radius 3 is 2.60 bits per heavy atom. The number of hydrogen-bond donors (Lipinski definition) is 3. The molecule has 4 bridgehead atoms. The largest absolute Gasteiger partial charge is 0.493 e. The summed E-state index contributed by atoms with van der Waals surface area (Å²) in [4.78, 5) is 32.7. The fraction of sp³-hybridized carbons (Fsp3) is 0.576. The van der Waals surface area contributed by atoms with E-state index in [4.69, 9.17) is 14.2 Å². The van der Waals surface area contributed by atoms with E-state index in [0.29, 0.717) is 74.0 Å². The number of aromatic nitrogens is 3. The number of aliphatic carboxylic acids is 1. The third-order valence-electron chi connectivity index (χ3n) is 8.29. The van der Waals surface area contributed by atoms with Crippen LogP contribution in [0.4, 0.5) is 5.82 Å². The number of ether oxygens (including phenoxy) is 3. The van der Waals surface area contributed by atoms with Crippen molar-refractivity contribution in [2.24, 2.45) is 0 Å². The molecule has 0 spiro atoms. The van der Waals surface area contributed by atoms with Crippen molar-refractivity contribution < 1.29 is 34.0 Å². The molecule has 5 heterocycles. The predicted octanol–water partition coefficient (Wildman–Crippen LogP) is 3.86. The molecule has 3 aromatic rings. The SMILES string of the molecule is Cc1nc2cc3nn2c(c1[C@H](OC(C)(C)C)C(=O)O)N1CCC(C)(CC1)OCCCCOc1ccccc1CC(O)CNC3=O. The first-order valence-corrected chi connectivity index (χ1v) is 15.7. The van der Waals surface area contributed by atoms with Crippen LogP contribution < -0.4 is 15.0 Å². The molecule has 1 aromatic carbocycles.